The molecular weight excluding hydrogens is 433 g/mol. The van der Waals surface area contributed by atoms with E-state index < -0.39 is 16.7 Å². The molecule has 1 aliphatic rings. The molecular formula is C20H17Cl2N3O5. The quantitative estimate of drug-likeness (QED) is 0.271. The number of nitrogens with zero attached hydrogens (tertiary/aromatic N) is 2. The molecule has 0 fully saturated rings. The molecule has 0 saturated heterocycles. The van der Waals surface area contributed by atoms with E-state index >= 15 is 0 Å². The van der Waals surface area contributed by atoms with Gasteiger partial charge in [0.05, 0.1) is 21.2 Å². The van der Waals surface area contributed by atoms with Crippen molar-refractivity contribution < 1.29 is 19.3 Å². The third-order valence-corrected chi connectivity index (χ3v) is 5.21. The molecule has 0 bridgehead atoms. The Balaban J connectivity index is 1.47. The Labute approximate surface area is 181 Å². The zero-order chi connectivity index (χ0) is 21.8. The van der Waals surface area contributed by atoms with Gasteiger partial charge in [-0.15, -0.1) is 0 Å². The molecule has 1 heterocycles. The van der Waals surface area contributed by atoms with E-state index in [0.29, 0.717) is 35.0 Å². The van der Waals surface area contributed by atoms with Crippen LogP contribution in [0, 0.1) is 10.1 Å². The monoisotopic (exact) mass is 449 g/mol. The summed E-state index contributed by atoms with van der Waals surface area (Å²) in [6.45, 7) is 0.133. The average molecular weight is 450 g/mol. The number of anilines is 1. The number of unbranched alkanes of at least 4 members (excludes halogenated alkanes) is 2. The molecule has 30 heavy (non-hydrogen) atoms. The van der Waals surface area contributed by atoms with E-state index in [9.17, 15) is 24.5 Å². The molecule has 156 valence electrons. The maximum atomic E-state index is 12.5. The van der Waals surface area contributed by atoms with E-state index in [2.05, 4.69) is 5.32 Å². The predicted octanol–water partition coefficient (Wildman–Crippen LogP) is 4.70. The molecule has 0 saturated carbocycles. The van der Waals surface area contributed by atoms with Gasteiger partial charge < -0.3 is 5.32 Å². The van der Waals surface area contributed by atoms with Crippen molar-refractivity contribution in [2.45, 2.75) is 25.7 Å². The van der Waals surface area contributed by atoms with Crippen molar-refractivity contribution in [2.24, 2.45) is 0 Å². The maximum absolute atomic E-state index is 12.5. The highest BCUT2D eigenvalue weighted by Gasteiger charge is 2.40. The Morgan fingerprint density at radius 1 is 1.07 bits per heavy atom. The summed E-state index contributed by atoms with van der Waals surface area (Å²) in [6.07, 6.45) is 1.86. The lowest BCUT2D eigenvalue weighted by molar-refractivity contribution is -0.385. The molecule has 0 aromatic heterocycles. The molecule has 2 aromatic carbocycles. The summed E-state index contributed by atoms with van der Waals surface area (Å²) in [7, 11) is 0. The van der Waals surface area contributed by atoms with Gasteiger partial charge in [0.25, 0.3) is 17.5 Å². The first-order valence-corrected chi connectivity index (χ1v) is 9.93. The van der Waals surface area contributed by atoms with Gasteiger partial charge in [-0.1, -0.05) is 35.7 Å². The number of nitro benzene ring substituents is 1. The molecule has 1 N–H and O–H groups in total. The van der Waals surface area contributed by atoms with Crippen molar-refractivity contribution in [3.8, 4) is 0 Å². The minimum absolute atomic E-state index is 0.0495. The van der Waals surface area contributed by atoms with Crippen LogP contribution in [0.1, 0.15) is 46.4 Å². The van der Waals surface area contributed by atoms with E-state index in [-0.39, 0.29) is 35.7 Å². The van der Waals surface area contributed by atoms with Crippen LogP contribution in [0.15, 0.2) is 36.4 Å². The van der Waals surface area contributed by atoms with Crippen LogP contribution in [0.4, 0.5) is 11.4 Å². The van der Waals surface area contributed by atoms with Crippen LogP contribution in [-0.2, 0) is 4.79 Å². The minimum Gasteiger partial charge on any atom is -0.325 e. The first-order valence-electron chi connectivity index (χ1n) is 9.18. The predicted molar refractivity (Wildman–Crippen MR) is 112 cm³/mol. The number of halogens is 2. The molecule has 2 aromatic rings. The number of carbonyl (C=O) groups is 3. The Morgan fingerprint density at radius 3 is 2.53 bits per heavy atom. The van der Waals surface area contributed by atoms with Crippen LogP contribution in [0.5, 0.6) is 0 Å². The molecule has 10 heteroatoms. The summed E-state index contributed by atoms with van der Waals surface area (Å²) < 4.78 is 0. The van der Waals surface area contributed by atoms with Gasteiger partial charge in [-0.3, -0.25) is 29.4 Å². The highest BCUT2D eigenvalue weighted by Crippen LogP contribution is 2.31. The number of imide groups is 1. The van der Waals surface area contributed by atoms with Crippen molar-refractivity contribution in [1.29, 1.82) is 0 Å². The Hall–Kier alpha value is -2.97. The van der Waals surface area contributed by atoms with Gasteiger partial charge in [0.15, 0.2) is 0 Å². The molecule has 0 unspecified atom stereocenters. The highest BCUT2D eigenvalue weighted by molar-refractivity contribution is 6.36. The van der Waals surface area contributed by atoms with E-state index in [4.69, 9.17) is 23.2 Å². The average Bonchev–Trinajstić information content (AvgIpc) is 2.94. The standard InChI is InChI=1S/C20H17Cl2N3O5/c21-12-8-9-15(14(22)11-12)23-17(26)7-2-1-3-10-24-19(27)13-5-4-6-16(25(29)30)18(13)20(24)28/h4-6,8-9,11H,1-3,7,10H2,(H,23,26). The smallest absolute Gasteiger partial charge is 0.282 e. The van der Waals surface area contributed by atoms with Gasteiger partial charge >= 0.3 is 0 Å². The van der Waals surface area contributed by atoms with E-state index in [0.717, 1.165) is 4.90 Å². The van der Waals surface area contributed by atoms with Crippen LogP contribution < -0.4 is 5.32 Å². The third-order valence-electron chi connectivity index (χ3n) is 4.66. The van der Waals surface area contributed by atoms with Gasteiger partial charge in [0.1, 0.15) is 5.56 Å². The highest BCUT2D eigenvalue weighted by atomic mass is 35.5. The molecule has 1 aliphatic heterocycles. The number of amides is 3. The number of hydrogen-bond donors (Lipinski definition) is 1. The van der Waals surface area contributed by atoms with Crippen LogP contribution in [0.2, 0.25) is 10.0 Å². The van der Waals surface area contributed by atoms with E-state index in [1.54, 1.807) is 12.1 Å². The summed E-state index contributed by atoms with van der Waals surface area (Å²) in [6, 6.07) is 8.77. The van der Waals surface area contributed by atoms with Crippen LogP contribution in [-0.4, -0.2) is 34.1 Å². The van der Waals surface area contributed by atoms with Gasteiger partial charge in [-0.05, 0) is 37.1 Å². The van der Waals surface area contributed by atoms with Crippen LogP contribution in [0.3, 0.4) is 0 Å². The number of nitro groups is 1. The second kappa shape index (κ2) is 9.23. The maximum Gasteiger partial charge on any atom is 0.282 e. The second-order valence-electron chi connectivity index (χ2n) is 6.70. The molecule has 0 spiro atoms. The van der Waals surface area contributed by atoms with Gasteiger partial charge in [-0.2, -0.15) is 0 Å². The first kappa shape index (κ1) is 21.7. The number of nitrogens with one attached hydrogen (secondary N) is 1. The molecule has 0 aliphatic carbocycles. The van der Waals surface area contributed by atoms with E-state index in [1.165, 1.54) is 24.3 Å². The lowest BCUT2D eigenvalue weighted by Crippen LogP contribution is -2.30. The summed E-state index contributed by atoms with van der Waals surface area (Å²) >= 11 is 11.8. The van der Waals surface area contributed by atoms with Crippen molar-refractivity contribution in [2.75, 3.05) is 11.9 Å². The number of fused-ring (bicyclic) bond motifs is 1. The van der Waals surface area contributed by atoms with Crippen LogP contribution in [0.25, 0.3) is 0 Å². The summed E-state index contributed by atoms with van der Waals surface area (Å²) in [5.41, 5.74) is -0.00953. The van der Waals surface area contributed by atoms with Crippen molar-refractivity contribution in [3.63, 3.8) is 0 Å². The number of hydrogen-bond acceptors (Lipinski definition) is 5. The molecule has 0 atom stereocenters. The second-order valence-corrected chi connectivity index (χ2v) is 7.55. The number of carbonyl (C=O) groups excluding carboxylic acids is 3. The first-order chi connectivity index (χ1) is 14.3. The Morgan fingerprint density at radius 2 is 1.83 bits per heavy atom. The summed E-state index contributed by atoms with van der Waals surface area (Å²) in [5.74, 6) is -1.40. The van der Waals surface area contributed by atoms with Crippen molar-refractivity contribution in [3.05, 3.63) is 67.7 Å². The fourth-order valence-electron chi connectivity index (χ4n) is 3.21. The Kier molecular flexibility index (Phi) is 6.69. The lowest BCUT2D eigenvalue weighted by Gasteiger charge is -2.13. The molecule has 3 rings (SSSR count). The fraction of sp³-hybridized carbons (Fsp3) is 0.250. The normalized spacial score (nSPS) is 12.8. The van der Waals surface area contributed by atoms with E-state index in [1.807, 2.05) is 0 Å². The Bertz CT molecular complexity index is 1040. The molecule has 0 radical (unpaired) electrons. The minimum atomic E-state index is -0.668. The van der Waals surface area contributed by atoms with Crippen molar-refractivity contribution in [1.82, 2.24) is 4.90 Å². The molecule has 8 nitrogen and oxygen atoms in total. The lowest BCUT2D eigenvalue weighted by atomic mass is 10.1. The zero-order valence-corrected chi connectivity index (χ0v) is 17.2. The number of rotatable bonds is 8. The zero-order valence-electron chi connectivity index (χ0n) is 15.7. The van der Waals surface area contributed by atoms with Crippen LogP contribution >= 0.6 is 23.2 Å². The largest absolute Gasteiger partial charge is 0.325 e. The topological polar surface area (TPSA) is 110 Å². The van der Waals surface area contributed by atoms with Crippen molar-refractivity contribution >= 4 is 52.3 Å². The summed E-state index contributed by atoms with van der Waals surface area (Å²) in [4.78, 5) is 48.4. The van der Waals surface area contributed by atoms with Gasteiger partial charge in [0.2, 0.25) is 5.91 Å². The molecule has 3 amide bonds. The van der Waals surface area contributed by atoms with Gasteiger partial charge in [-0.25, -0.2) is 0 Å². The number of benzene rings is 2. The SMILES string of the molecule is O=C(CCCCCN1C(=O)c2cccc([N+](=O)[O-])c2C1=O)Nc1ccc(Cl)cc1Cl. The summed E-state index contributed by atoms with van der Waals surface area (Å²) in [5, 5.41) is 14.6. The third kappa shape index (κ3) is 4.60. The van der Waals surface area contributed by atoms with Gasteiger partial charge in [0, 0.05) is 24.1 Å². The fourth-order valence-corrected chi connectivity index (χ4v) is 3.66.